The minimum Gasteiger partial charge on any atom is -0.384 e. The highest BCUT2D eigenvalue weighted by atomic mass is 19.2. The van der Waals surface area contributed by atoms with Crippen molar-refractivity contribution in [3.8, 4) is 16.9 Å². The molecule has 2 N–H and O–H groups in total. The van der Waals surface area contributed by atoms with Crippen LogP contribution in [0, 0.1) is 17.5 Å². The van der Waals surface area contributed by atoms with Crippen molar-refractivity contribution < 1.29 is 13.2 Å². The molecule has 0 saturated carbocycles. The van der Waals surface area contributed by atoms with E-state index in [-0.39, 0.29) is 5.69 Å². The van der Waals surface area contributed by atoms with Crippen molar-refractivity contribution in [1.82, 2.24) is 14.5 Å². The van der Waals surface area contributed by atoms with Crippen LogP contribution < -0.4 is 5.73 Å². The lowest BCUT2D eigenvalue weighted by molar-refractivity contribution is 0.493. The maximum atomic E-state index is 13.9. The van der Waals surface area contributed by atoms with Gasteiger partial charge >= 0.3 is 0 Å². The Hall–Kier alpha value is -2.83. The first-order valence-electron chi connectivity index (χ1n) is 5.95. The van der Waals surface area contributed by atoms with E-state index < -0.39 is 17.5 Å². The monoisotopic (exact) mass is 290 g/mol. The molecule has 0 radical (unpaired) electrons. The van der Waals surface area contributed by atoms with Crippen LogP contribution in [0.4, 0.5) is 19.0 Å². The van der Waals surface area contributed by atoms with Gasteiger partial charge in [-0.25, -0.2) is 23.1 Å². The van der Waals surface area contributed by atoms with Crippen molar-refractivity contribution >= 4 is 5.82 Å². The van der Waals surface area contributed by atoms with E-state index in [1.807, 2.05) is 0 Å². The van der Waals surface area contributed by atoms with Crippen molar-refractivity contribution in [1.29, 1.82) is 0 Å². The Morgan fingerprint density at radius 1 is 0.952 bits per heavy atom. The molecule has 4 nitrogen and oxygen atoms in total. The zero-order valence-corrected chi connectivity index (χ0v) is 10.6. The van der Waals surface area contributed by atoms with Gasteiger partial charge in [-0.15, -0.1) is 0 Å². The molecule has 0 spiro atoms. The van der Waals surface area contributed by atoms with E-state index in [0.29, 0.717) is 23.1 Å². The number of hydrogen-bond acceptors (Lipinski definition) is 3. The third-order valence-electron chi connectivity index (χ3n) is 2.97. The van der Waals surface area contributed by atoms with Crippen LogP contribution in [0.3, 0.4) is 0 Å². The summed E-state index contributed by atoms with van der Waals surface area (Å²) in [7, 11) is 0. The third kappa shape index (κ3) is 2.33. The van der Waals surface area contributed by atoms with E-state index in [2.05, 4.69) is 9.97 Å². The first-order valence-corrected chi connectivity index (χ1v) is 5.95. The van der Waals surface area contributed by atoms with E-state index in [9.17, 15) is 13.2 Å². The second-order valence-electron chi connectivity index (χ2n) is 4.34. The van der Waals surface area contributed by atoms with Crippen LogP contribution in [0.1, 0.15) is 0 Å². The lowest BCUT2D eigenvalue weighted by Crippen LogP contribution is -2.01. The van der Waals surface area contributed by atoms with Gasteiger partial charge in [-0.2, -0.15) is 0 Å². The van der Waals surface area contributed by atoms with E-state index in [0.717, 1.165) is 6.07 Å². The van der Waals surface area contributed by atoms with Gasteiger partial charge in [0.15, 0.2) is 11.6 Å². The summed E-state index contributed by atoms with van der Waals surface area (Å²) in [5.74, 6) is -2.94. The molecule has 0 fully saturated rings. The smallest absolute Gasteiger partial charge is 0.161 e. The molecular weight excluding hydrogens is 281 g/mol. The van der Waals surface area contributed by atoms with Gasteiger partial charge in [0.1, 0.15) is 11.6 Å². The molecule has 21 heavy (non-hydrogen) atoms. The highest BCUT2D eigenvalue weighted by Gasteiger charge is 2.15. The molecule has 0 unspecified atom stereocenters. The second-order valence-corrected chi connectivity index (χ2v) is 4.34. The van der Waals surface area contributed by atoms with Gasteiger partial charge in [0.25, 0.3) is 0 Å². The predicted molar refractivity (Wildman–Crippen MR) is 71.1 cm³/mol. The summed E-state index contributed by atoms with van der Waals surface area (Å²) in [6.07, 6.45) is 4.26. The fourth-order valence-electron chi connectivity index (χ4n) is 1.95. The molecule has 7 heteroatoms. The molecule has 0 aliphatic carbocycles. The summed E-state index contributed by atoms with van der Waals surface area (Å²) >= 11 is 0. The summed E-state index contributed by atoms with van der Waals surface area (Å²) in [5.41, 5.74) is 6.46. The fourth-order valence-corrected chi connectivity index (χ4v) is 1.95. The topological polar surface area (TPSA) is 56.7 Å². The van der Waals surface area contributed by atoms with Gasteiger partial charge in [0.05, 0.1) is 23.9 Å². The molecule has 2 heterocycles. The number of anilines is 1. The van der Waals surface area contributed by atoms with Gasteiger partial charge in [-0.3, -0.25) is 4.57 Å². The zero-order valence-electron chi connectivity index (χ0n) is 10.6. The van der Waals surface area contributed by atoms with Crippen molar-refractivity contribution in [3.63, 3.8) is 0 Å². The number of nitrogen functional groups attached to an aromatic ring is 1. The van der Waals surface area contributed by atoms with Gasteiger partial charge in [-0.1, -0.05) is 0 Å². The summed E-state index contributed by atoms with van der Waals surface area (Å²) in [6.45, 7) is 0. The van der Waals surface area contributed by atoms with Crippen LogP contribution in [-0.2, 0) is 0 Å². The maximum Gasteiger partial charge on any atom is 0.161 e. The molecule has 1 aromatic carbocycles. The molecule has 0 amide bonds. The highest BCUT2D eigenvalue weighted by molar-refractivity contribution is 5.62. The fraction of sp³-hybridized carbons (Fsp3) is 0. The lowest BCUT2D eigenvalue weighted by Gasteiger charge is -2.10. The number of benzene rings is 1. The number of hydrogen-bond donors (Lipinski definition) is 1. The summed E-state index contributed by atoms with van der Waals surface area (Å²) < 4.78 is 41.5. The molecule has 0 aliphatic rings. The van der Waals surface area contributed by atoms with Gasteiger partial charge in [0.2, 0.25) is 0 Å². The van der Waals surface area contributed by atoms with Crippen molar-refractivity contribution in [2.45, 2.75) is 0 Å². The largest absolute Gasteiger partial charge is 0.384 e. The van der Waals surface area contributed by atoms with Crippen LogP contribution in [0.5, 0.6) is 0 Å². The average molecular weight is 290 g/mol. The number of pyridine rings is 1. The molecule has 0 aliphatic heterocycles. The minimum absolute atomic E-state index is 0.141. The van der Waals surface area contributed by atoms with E-state index in [1.54, 1.807) is 12.1 Å². The first kappa shape index (κ1) is 13.2. The Labute approximate surface area is 117 Å². The molecule has 3 rings (SSSR count). The molecule has 2 aromatic heterocycles. The van der Waals surface area contributed by atoms with Crippen LogP contribution >= 0.6 is 0 Å². The van der Waals surface area contributed by atoms with Gasteiger partial charge in [0, 0.05) is 23.9 Å². The van der Waals surface area contributed by atoms with Crippen LogP contribution in [0.15, 0.2) is 43.0 Å². The Balaban J connectivity index is 2.15. The number of nitrogens with zero attached hydrogens (tertiary/aromatic N) is 3. The maximum absolute atomic E-state index is 13.9. The van der Waals surface area contributed by atoms with Crippen molar-refractivity contribution in [2.75, 3.05) is 5.73 Å². The Kier molecular flexibility index (Phi) is 3.09. The van der Waals surface area contributed by atoms with E-state index in [1.165, 1.54) is 23.3 Å². The number of rotatable bonds is 2. The molecule has 0 bridgehead atoms. The second kappa shape index (κ2) is 4.93. The normalized spacial score (nSPS) is 10.8. The summed E-state index contributed by atoms with van der Waals surface area (Å²) in [4.78, 5) is 7.84. The number of nitrogens with two attached hydrogens (primary N) is 1. The van der Waals surface area contributed by atoms with Gasteiger partial charge in [-0.05, 0) is 12.1 Å². The highest BCUT2D eigenvalue weighted by Crippen LogP contribution is 2.25. The number of aromatic nitrogens is 3. The Morgan fingerprint density at radius 2 is 1.71 bits per heavy atom. The molecular formula is C14H9F3N4. The average Bonchev–Trinajstić information content (AvgIpc) is 2.93. The quantitative estimate of drug-likeness (QED) is 0.738. The zero-order chi connectivity index (χ0) is 15.0. The van der Waals surface area contributed by atoms with E-state index in [4.69, 9.17) is 5.73 Å². The van der Waals surface area contributed by atoms with Crippen molar-refractivity contribution in [2.24, 2.45) is 0 Å². The Bertz CT molecular complexity index is 796. The Morgan fingerprint density at radius 3 is 2.43 bits per heavy atom. The van der Waals surface area contributed by atoms with Gasteiger partial charge < -0.3 is 5.73 Å². The van der Waals surface area contributed by atoms with Crippen LogP contribution in [-0.4, -0.2) is 14.5 Å². The first-order chi connectivity index (χ1) is 10.1. The van der Waals surface area contributed by atoms with Crippen molar-refractivity contribution in [3.05, 3.63) is 60.4 Å². The molecule has 3 aromatic rings. The standard InChI is InChI=1S/C14H9F3N4/c15-9-3-11(17)12(4-10(9)16)21-7-19-6-13(21)8-1-2-14(18)20-5-8/h1-7H,(H2,18,20). The van der Waals surface area contributed by atoms with E-state index >= 15 is 0 Å². The summed E-state index contributed by atoms with van der Waals surface area (Å²) in [5, 5.41) is 0. The van der Waals surface area contributed by atoms with Crippen LogP contribution in [0.25, 0.3) is 16.9 Å². The minimum atomic E-state index is -1.24. The summed E-state index contributed by atoms with van der Waals surface area (Å²) in [6, 6.07) is 4.53. The molecule has 106 valence electrons. The van der Waals surface area contributed by atoms with Crippen LogP contribution in [0.2, 0.25) is 0 Å². The SMILES string of the molecule is Nc1ccc(-c2cncn2-c2cc(F)c(F)cc2F)cn1. The number of imidazole rings is 1. The third-order valence-corrected chi connectivity index (χ3v) is 2.97. The molecule has 0 saturated heterocycles. The molecule has 0 atom stereocenters. The lowest BCUT2D eigenvalue weighted by atomic mass is 10.2. The number of halogens is 3. The predicted octanol–water partition coefficient (Wildman–Crippen LogP) is 2.93.